The van der Waals surface area contributed by atoms with Crippen LogP contribution in [0.4, 0.5) is 11.4 Å². The fourth-order valence-corrected chi connectivity index (χ4v) is 1.47. The molecule has 0 bridgehead atoms. The van der Waals surface area contributed by atoms with Gasteiger partial charge >= 0.3 is 0 Å². The third-order valence-corrected chi connectivity index (χ3v) is 2.38. The molecule has 1 rings (SSSR count). The van der Waals surface area contributed by atoms with Crippen molar-refractivity contribution in [3.8, 4) is 5.75 Å². The van der Waals surface area contributed by atoms with E-state index in [9.17, 15) is 14.9 Å². The number of methoxy groups -OCH3 is 1. The van der Waals surface area contributed by atoms with Gasteiger partial charge in [-0.3, -0.25) is 14.9 Å². The van der Waals surface area contributed by atoms with E-state index in [2.05, 4.69) is 10.6 Å². The highest BCUT2D eigenvalue weighted by Gasteiger charge is 2.12. The Morgan fingerprint density at radius 3 is 2.79 bits per heavy atom. The summed E-state index contributed by atoms with van der Waals surface area (Å²) in [6, 6.07) is 4.04. The summed E-state index contributed by atoms with van der Waals surface area (Å²) >= 11 is 0. The molecule has 0 atom stereocenters. The van der Waals surface area contributed by atoms with Crippen molar-refractivity contribution >= 4 is 17.3 Å². The lowest BCUT2D eigenvalue weighted by molar-refractivity contribution is -0.384. The van der Waals surface area contributed by atoms with Crippen molar-refractivity contribution < 1.29 is 14.5 Å². The molecule has 0 radical (unpaired) electrons. The molecular weight excluding hydrogens is 250 g/mol. The second-order valence-electron chi connectivity index (χ2n) is 3.87. The lowest BCUT2D eigenvalue weighted by Crippen LogP contribution is -2.28. The van der Waals surface area contributed by atoms with Crippen molar-refractivity contribution in [2.24, 2.45) is 0 Å². The molecule has 1 aromatic carbocycles. The number of rotatable bonds is 7. The SMILES string of the molecule is CCCNCC(=O)Nc1ccc([N+](=O)[O-])cc1OC. The van der Waals surface area contributed by atoms with E-state index in [1.54, 1.807) is 0 Å². The number of amides is 1. The normalized spacial score (nSPS) is 10.0. The second kappa shape index (κ2) is 7.32. The molecule has 7 nitrogen and oxygen atoms in total. The van der Waals surface area contributed by atoms with Gasteiger partial charge in [-0.1, -0.05) is 6.92 Å². The molecule has 0 saturated heterocycles. The smallest absolute Gasteiger partial charge is 0.273 e. The highest BCUT2D eigenvalue weighted by Crippen LogP contribution is 2.28. The predicted octanol–water partition coefficient (Wildman–Crippen LogP) is 1.54. The first kappa shape index (κ1) is 14.9. The van der Waals surface area contributed by atoms with Crippen molar-refractivity contribution in [2.45, 2.75) is 13.3 Å². The van der Waals surface area contributed by atoms with Crippen LogP contribution >= 0.6 is 0 Å². The van der Waals surface area contributed by atoms with Crippen LogP contribution in [0.3, 0.4) is 0 Å². The van der Waals surface area contributed by atoms with Gasteiger partial charge in [-0.25, -0.2) is 0 Å². The molecule has 0 fully saturated rings. The van der Waals surface area contributed by atoms with Crippen LogP contribution in [-0.2, 0) is 4.79 Å². The van der Waals surface area contributed by atoms with Crippen LogP contribution in [0.25, 0.3) is 0 Å². The molecule has 1 aromatic rings. The molecule has 0 saturated carbocycles. The van der Waals surface area contributed by atoms with Gasteiger partial charge in [-0.15, -0.1) is 0 Å². The summed E-state index contributed by atoms with van der Waals surface area (Å²) in [5.74, 6) is 0.0404. The van der Waals surface area contributed by atoms with Crippen molar-refractivity contribution in [1.82, 2.24) is 5.32 Å². The first-order chi connectivity index (χ1) is 9.08. The molecule has 0 spiro atoms. The van der Waals surface area contributed by atoms with Gasteiger partial charge in [-0.05, 0) is 19.0 Å². The van der Waals surface area contributed by atoms with Gasteiger partial charge in [0.15, 0.2) is 0 Å². The number of anilines is 1. The number of hydrogen-bond acceptors (Lipinski definition) is 5. The largest absolute Gasteiger partial charge is 0.494 e. The highest BCUT2D eigenvalue weighted by atomic mass is 16.6. The average molecular weight is 267 g/mol. The van der Waals surface area contributed by atoms with Crippen molar-refractivity contribution in [3.05, 3.63) is 28.3 Å². The van der Waals surface area contributed by atoms with E-state index in [4.69, 9.17) is 4.74 Å². The molecular formula is C12H17N3O4. The van der Waals surface area contributed by atoms with Crippen LogP contribution in [0.1, 0.15) is 13.3 Å². The molecule has 0 aromatic heterocycles. The number of nitrogens with zero attached hydrogens (tertiary/aromatic N) is 1. The number of nitro benzene ring substituents is 1. The summed E-state index contributed by atoms with van der Waals surface area (Å²) < 4.78 is 5.02. The Balaban J connectivity index is 2.72. The molecule has 2 N–H and O–H groups in total. The van der Waals surface area contributed by atoms with E-state index in [0.717, 1.165) is 13.0 Å². The number of benzene rings is 1. The third-order valence-electron chi connectivity index (χ3n) is 2.38. The maximum atomic E-state index is 11.6. The van der Waals surface area contributed by atoms with Crippen molar-refractivity contribution in [3.63, 3.8) is 0 Å². The minimum atomic E-state index is -0.517. The molecule has 1 amide bonds. The summed E-state index contributed by atoms with van der Waals surface area (Å²) in [4.78, 5) is 21.7. The van der Waals surface area contributed by atoms with Crippen LogP contribution in [0.2, 0.25) is 0 Å². The maximum absolute atomic E-state index is 11.6. The van der Waals surface area contributed by atoms with Gasteiger partial charge in [0.05, 0.1) is 30.3 Å². The van der Waals surface area contributed by atoms with Crippen molar-refractivity contribution in [1.29, 1.82) is 0 Å². The second-order valence-corrected chi connectivity index (χ2v) is 3.87. The summed E-state index contributed by atoms with van der Waals surface area (Å²) in [7, 11) is 1.39. The zero-order valence-corrected chi connectivity index (χ0v) is 10.9. The fourth-order valence-electron chi connectivity index (χ4n) is 1.47. The topological polar surface area (TPSA) is 93.5 Å². The van der Waals surface area contributed by atoms with Crippen LogP contribution < -0.4 is 15.4 Å². The number of carbonyl (C=O) groups is 1. The summed E-state index contributed by atoms with van der Waals surface area (Å²) in [6.07, 6.45) is 0.939. The van der Waals surface area contributed by atoms with Crippen LogP contribution in [0.15, 0.2) is 18.2 Å². The quantitative estimate of drug-likeness (QED) is 0.444. The number of non-ortho nitro benzene ring substituents is 1. The minimum absolute atomic E-state index is 0.0843. The van der Waals surface area contributed by atoms with Gasteiger partial charge < -0.3 is 15.4 Å². The standard InChI is InChI=1S/C12H17N3O4/c1-3-6-13-8-12(16)14-10-5-4-9(15(17)18)7-11(10)19-2/h4-5,7,13H,3,6,8H2,1-2H3,(H,14,16). The minimum Gasteiger partial charge on any atom is -0.494 e. The Morgan fingerprint density at radius 1 is 1.47 bits per heavy atom. The number of nitrogens with one attached hydrogen (secondary N) is 2. The van der Waals surface area contributed by atoms with E-state index in [0.29, 0.717) is 5.69 Å². The first-order valence-corrected chi connectivity index (χ1v) is 5.91. The fraction of sp³-hybridized carbons (Fsp3) is 0.417. The molecule has 7 heteroatoms. The van der Waals surface area contributed by atoms with Gasteiger partial charge in [0.1, 0.15) is 5.75 Å². The number of carbonyl (C=O) groups excluding carboxylic acids is 1. The Morgan fingerprint density at radius 2 is 2.21 bits per heavy atom. The van der Waals surface area contributed by atoms with Gasteiger partial charge in [-0.2, -0.15) is 0 Å². The predicted molar refractivity (Wildman–Crippen MR) is 71.4 cm³/mol. The van der Waals surface area contributed by atoms with E-state index in [-0.39, 0.29) is 23.9 Å². The lowest BCUT2D eigenvalue weighted by Gasteiger charge is -2.10. The van der Waals surface area contributed by atoms with Crippen molar-refractivity contribution in [2.75, 3.05) is 25.5 Å². The number of nitro groups is 1. The van der Waals surface area contributed by atoms with Crippen LogP contribution in [0, 0.1) is 10.1 Å². The van der Waals surface area contributed by atoms with E-state index in [1.807, 2.05) is 6.92 Å². The highest BCUT2D eigenvalue weighted by molar-refractivity contribution is 5.93. The van der Waals surface area contributed by atoms with E-state index in [1.165, 1.54) is 25.3 Å². The van der Waals surface area contributed by atoms with Crippen LogP contribution in [0.5, 0.6) is 5.75 Å². The first-order valence-electron chi connectivity index (χ1n) is 5.91. The molecule has 0 aliphatic rings. The third kappa shape index (κ3) is 4.55. The molecule has 0 heterocycles. The molecule has 19 heavy (non-hydrogen) atoms. The monoisotopic (exact) mass is 267 g/mol. The molecule has 0 aliphatic heterocycles. The number of ether oxygens (including phenoxy) is 1. The van der Waals surface area contributed by atoms with E-state index < -0.39 is 4.92 Å². The summed E-state index contributed by atoms with van der Waals surface area (Å²) in [6.45, 7) is 2.95. The Kier molecular flexibility index (Phi) is 5.74. The van der Waals surface area contributed by atoms with Gasteiger partial charge in [0.25, 0.3) is 5.69 Å². The zero-order chi connectivity index (χ0) is 14.3. The Labute approximate surface area is 111 Å². The van der Waals surface area contributed by atoms with Gasteiger partial charge in [0.2, 0.25) is 5.91 Å². The summed E-state index contributed by atoms with van der Waals surface area (Å²) in [5, 5.41) is 16.2. The molecule has 0 aliphatic carbocycles. The Hall–Kier alpha value is -2.15. The zero-order valence-electron chi connectivity index (χ0n) is 10.9. The molecule has 104 valence electrons. The summed E-state index contributed by atoms with van der Waals surface area (Å²) in [5.41, 5.74) is 0.329. The van der Waals surface area contributed by atoms with Gasteiger partial charge in [0, 0.05) is 6.07 Å². The molecule has 0 unspecified atom stereocenters. The van der Waals surface area contributed by atoms with Crippen LogP contribution in [-0.4, -0.2) is 31.0 Å². The average Bonchev–Trinajstić information content (AvgIpc) is 2.39. The lowest BCUT2D eigenvalue weighted by atomic mass is 10.2. The number of hydrogen-bond donors (Lipinski definition) is 2. The van der Waals surface area contributed by atoms with E-state index >= 15 is 0 Å². The Bertz CT molecular complexity index is 462. The maximum Gasteiger partial charge on any atom is 0.273 e.